The summed E-state index contributed by atoms with van der Waals surface area (Å²) in [6, 6.07) is 9.42. The molecule has 20 heavy (non-hydrogen) atoms. The van der Waals surface area contributed by atoms with E-state index in [2.05, 4.69) is 9.71 Å². The van der Waals surface area contributed by atoms with E-state index in [1.54, 1.807) is 25.1 Å². The third kappa shape index (κ3) is 2.90. The molecule has 0 fully saturated rings. The number of hydrogen-bond donors (Lipinski definition) is 1. The normalized spacial score (nSPS) is 10.8. The van der Waals surface area contributed by atoms with E-state index in [-0.39, 0.29) is 10.6 Å². The minimum Gasteiger partial charge on any atom is -0.279 e. The number of pyridine rings is 1. The fourth-order valence-electron chi connectivity index (χ4n) is 1.60. The molecule has 1 N–H and O–H groups in total. The Morgan fingerprint density at radius 1 is 1.35 bits per heavy atom. The van der Waals surface area contributed by atoms with E-state index in [1.165, 1.54) is 24.4 Å². The lowest BCUT2D eigenvalue weighted by Gasteiger charge is -2.11. The Bertz CT molecular complexity index is 798. The Kier molecular flexibility index (Phi) is 3.93. The molecule has 1 heterocycles. The first-order valence-corrected chi connectivity index (χ1v) is 7.44. The van der Waals surface area contributed by atoms with E-state index >= 15 is 0 Å². The van der Waals surface area contributed by atoms with Crippen molar-refractivity contribution < 1.29 is 8.42 Å². The van der Waals surface area contributed by atoms with Gasteiger partial charge < -0.3 is 0 Å². The fraction of sp³-hybridized carbons (Fsp3) is 0.0769. The zero-order chi connectivity index (χ0) is 14.8. The molecule has 0 radical (unpaired) electrons. The molecule has 0 bridgehead atoms. The number of aromatic nitrogens is 1. The van der Waals surface area contributed by atoms with Crippen LogP contribution in [0.1, 0.15) is 11.3 Å². The van der Waals surface area contributed by atoms with Crippen molar-refractivity contribution in [2.75, 3.05) is 4.72 Å². The molecule has 5 nitrogen and oxygen atoms in total. The van der Waals surface area contributed by atoms with Gasteiger partial charge in [-0.1, -0.05) is 17.7 Å². The molecule has 0 saturated heterocycles. The average molecular weight is 308 g/mol. The third-order valence-electron chi connectivity index (χ3n) is 2.61. The van der Waals surface area contributed by atoms with Gasteiger partial charge in [-0.25, -0.2) is 13.4 Å². The summed E-state index contributed by atoms with van der Waals surface area (Å²) >= 11 is 5.85. The Morgan fingerprint density at radius 3 is 2.80 bits per heavy atom. The van der Waals surface area contributed by atoms with Crippen LogP contribution in [0.3, 0.4) is 0 Å². The highest BCUT2D eigenvalue weighted by Crippen LogP contribution is 2.24. The lowest BCUT2D eigenvalue weighted by Crippen LogP contribution is -2.15. The maximum atomic E-state index is 12.3. The number of rotatable bonds is 3. The Morgan fingerprint density at radius 2 is 2.10 bits per heavy atom. The summed E-state index contributed by atoms with van der Waals surface area (Å²) in [6.07, 6.45) is 1.36. The van der Waals surface area contributed by atoms with Gasteiger partial charge in [-0.15, -0.1) is 0 Å². The molecule has 102 valence electrons. The molecule has 0 saturated carbocycles. The molecule has 2 aromatic rings. The molecule has 1 aromatic heterocycles. The Hall–Kier alpha value is -2.10. The van der Waals surface area contributed by atoms with Crippen LogP contribution in [0.2, 0.25) is 5.02 Å². The number of hydrogen-bond acceptors (Lipinski definition) is 4. The zero-order valence-corrected chi connectivity index (χ0v) is 12.0. The average Bonchev–Trinajstić information content (AvgIpc) is 2.42. The maximum Gasteiger partial charge on any atom is 0.264 e. The van der Waals surface area contributed by atoms with Crippen LogP contribution in [0.25, 0.3) is 0 Å². The summed E-state index contributed by atoms with van der Waals surface area (Å²) in [7, 11) is -3.89. The van der Waals surface area contributed by atoms with Crippen molar-refractivity contribution in [1.82, 2.24) is 4.98 Å². The van der Waals surface area contributed by atoms with Gasteiger partial charge in [0.05, 0.1) is 5.69 Å². The van der Waals surface area contributed by atoms with Crippen molar-refractivity contribution in [3.63, 3.8) is 0 Å². The zero-order valence-electron chi connectivity index (χ0n) is 10.5. The first kappa shape index (κ1) is 14.3. The minimum absolute atomic E-state index is 0.153. The van der Waals surface area contributed by atoms with E-state index in [1.807, 2.05) is 0 Å². The lowest BCUT2D eigenvalue weighted by atomic mass is 10.2. The second kappa shape index (κ2) is 5.49. The van der Waals surface area contributed by atoms with E-state index in [4.69, 9.17) is 16.9 Å². The van der Waals surface area contributed by atoms with Gasteiger partial charge in [-0.3, -0.25) is 4.72 Å². The number of benzene rings is 1. The smallest absolute Gasteiger partial charge is 0.264 e. The van der Waals surface area contributed by atoms with Crippen LogP contribution in [0, 0.1) is 18.3 Å². The molecular weight excluding hydrogens is 298 g/mol. The number of nitrogens with one attached hydrogen (secondary N) is 1. The summed E-state index contributed by atoms with van der Waals surface area (Å²) in [4.78, 5) is 3.57. The van der Waals surface area contributed by atoms with Crippen molar-refractivity contribution in [3.8, 4) is 6.07 Å². The van der Waals surface area contributed by atoms with Gasteiger partial charge in [-0.05, 0) is 36.8 Å². The molecule has 0 spiro atoms. The highest BCUT2D eigenvalue weighted by Gasteiger charge is 2.20. The van der Waals surface area contributed by atoms with Gasteiger partial charge in [0.2, 0.25) is 0 Å². The summed E-state index contributed by atoms with van der Waals surface area (Å²) in [6.45, 7) is 1.75. The molecule has 0 aliphatic heterocycles. The Labute approximate surface area is 121 Å². The van der Waals surface area contributed by atoms with E-state index in [0.717, 1.165) is 5.56 Å². The van der Waals surface area contributed by atoms with Gasteiger partial charge in [0.25, 0.3) is 10.0 Å². The predicted octanol–water partition coefficient (Wildman–Crippen LogP) is 2.72. The summed E-state index contributed by atoms with van der Waals surface area (Å²) < 4.78 is 27.0. The van der Waals surface area contributed by atoms with Crippen LogP contribution in [-0.4, -0.2) is 13.4 Å². The lowest BCUT2D eigenvalue weighted by molar-refractivity contribution is 0.600. The first-order chi connectivity index (χ1) is 9.44. The van der Waals surface area contributed by atoms with Crippen molar-refractivity contribution in [2.45, 2.75) is 11.8 Å². The number of nitrogens with zero attached hydrogens (tertiary/aromatic N) is 2. The molecule has 0 aliphatic rings. The van der Waals surface area contributed by atoms with Gasteiger partial charge in [0, 0.05) is 11.2 Å². The van der Waals surface area contributed by atoms with Crippen LogP contribution < -0.4 is 4.72 Å². The van der Waals surface area contributed by atoms with Crippen molar-refractivity contribution in [2.24, 2.45) is 0 Å². The summed E-state index contributed by atoms with van der Waals surface area (Å²) in [5.74, 6) is 0. The molecule has 2 rings (SSSR count). The first-order valence-electron chi connectivity index (χ1n) is 5.58. The van der Waals surface area contributed by atoms with Crippen LogP contribution in [0.5, 0.6) is 0 Å². The van der Waals surface area contributed by atoms with Crippen LogP contribution in [0.15, 0.2) is 41.4 Å². The third-order valence-corrected chi connectivity index (χ3v) is 4.24. The number of halogens is 1. The predicted molar refractivity (Wildman–Crippen MR) is 75.9 cm³/mol. The molecule has 1 aromatic carbocycles. The largest absolute Gasteiger partial charge is 0.279 e. The van der Waals surface area contributed by atoms with Crippen molar-refractivity contribution in [3.05, 3.63) is 52.8 Å². The SMILES string of the molecule is Cc1ccc(Cl)cc1NS(=O)(=O)c1cccnc1C#N. The van der Waals surface area contributed by atoms with Gasteiger partial charge in [0.1, 0.15) is 11.0 Å². The molecule has 7 heteroatoms. The van der Waals surface area contributed by atoms with Gasteiger partial charge in [-0.2, -0.15) is 5.26 Å². The molecule has 0 unspecified atom stereocenters. The van der Waals surface area contributed by atoms with E-state index in [0.29, 0.717) is 10.7 Å². The molecule has 0 aliphatic carbocycles. The summed E-state index contributed by atoms with van der Waals surface area (Å²) in [5, 5.41) is 9.34. The van der Waals surface area contributed by atoms with Crippen LogP contribution in [0.4, 0.5) is 5.69 Å². The number of anilines is 1. The van der Waals surface area contributed by atoms with Crippen molar-refractivity contribution in [1.29, 1.82) is 5.26 Å². The van der Waals surface area contributed by atoms with E-state index in [9.17, 15) is 8.42 Å². The van der Waals surface area contributed by atoms with E-state index < -0.39 is 10.0 Å². The standard InChI is InChI=1S/C13H10ClN3O2S/c1-9-4-5-10(14)7-11(9)17-20(18,19)13-3-2-6-16-12(13)8-15/h2-7,17H,1H3. The maximum absolute atomic E-state index is 12.3. The Balaban J connectivity index is 2.47. The highest BCUT2D eigenvalue weighted by atomic mass is 35.5. The number of sulfonamides is 1. The minimum atomic E-state index is -3.89. The topological polar surface area (TPSA) is 82.8 Å². The number of aryl methyl sites for hydroxylation is 1. The van der Waals surface area contributed by atoms with Crippen LogP contribution in [-0.2, 0) is 10.0 Å². The molecule has 0 amide bonds. The fourth-order valence-corrected chi connectivity index (χ4v) is 3.00. The summed E-state index contributed by atoms with van der Waals surface area (Å²) in [5.41, 5.74) is 0.935. The monoisotopic (exact) mass is 307 g/mol. The molecule has 0 atom stereocenters. The molecular formula is C13H10ClN3O2S. The second-order valence-electron chi connectivity index (χ2n) is 4.03. The quantitative estimate of drug-likeness (QED) is 0.945. The highest BCUT2D eigenvalue weighted by molar-refractivity contribution is 7.92. The van der Waals surface area contributed by atoms with Gasteiger partial charge >= 0.3 is 0 Å². The van der Waals surface area contributed by atoms with Gasteiger partial charge in [0.15, 0.2) is 5.69 Å². The van der Waals surface area contributed by atoms with Crippen LogP contribution >= 0.6 is 11.6 Å². The number of nitriles is 1. The second-order valence-corrected chi connectivity index (χ2v) is 6.11. The van der Waals surface area contributed by atoms with Crippen molar-refractivity contribution >= 4 is 27.3 Å².